The lowest BCUT2D eigenvalue weighted by atomic mass is 9.98. The average molecular weight is 482 g/mol. The van der Waals surface area contributed by atoms with Crippen LogP contribution in [0.25, 0.3) is 22.0 Å². The van der Waals surface area contributed by atoms with E-state index in [1.807, 2.05) is 66.7 Å². The number of aromatic nitrogens is 2. The number of hydrogen-bond donors (Lipinski definition) is 2. The monoisotopic (exact) mass is 481 g/mol. The Morgan fingerprint density at radius 3 is 2.33 bits per heavy atom. The summed E-state index contributed by atoms with van der Waals surface area (Å²) in [6, 6.07) is 21.2. The molecular weight excluding hydrogens is 454 g/mol. The van der Waals surface area contributed by atoms with Crippen LogP contribution >= 0.6 is 0 Å². The first-order valence-electron chi connectivity index (χ1n) is 11.7. The first-order chi connectivity index (χ1) is 17.2. The third-order valence-corrected chi connectivity index (χ3v) is 6.26. The summed E-state index contributed by atoms with van der Waals surface area (Å²) < 4.78 is 5.45. The van der Waals surface area contributed by atoms with Crippen molar-refractivity contribution < 1.29 is 14.3 Å². The molecule has 3 aromatic carbocycles. The molecule has 1 aliphatic rings. The zero-order valence-electron chi connectivity index (χ0n) is 20.2. The number of ether oxygens (including phenoxy) is 1. The SMILES string of the molecule is CC(C)(N)C(=O)OCc1ccccc1-c1ccc2nc(N)nc(C(=O)N3Cc4ccccc4C3)c2c1. The van der Waals surface area contributed by atoms with Crippen molar-refractivity contribution in [1.82, 2.24) is 14.9 Å². The van der Waals surface area contributed by atoms with Crippen LogP contribution in [-0.4, -0.2) is 32.3 Å². The molecule has 8 nitrogen and oxygen atoms in total. The van der Waals surface area contributed by atoms with Crippen LogP contribution < -0.4 is 11.5 Å². The molecule has 0 atom stereocenters. The number of nitrogens with zero attached hydrogens (tertiary/aromatic N) is 3. The third kappa shape index (κ3) is 4.50. The fraction of sp³-hybridized carbons (Fsp3) is 0.214. The molecule has 182 valence electrons. The molecule has 0 saturated heterocycles. The van der Waals surface area contributed by atoms with E-state index in [-0.39, 0.29) is 24.2 Å². The van der Waals surface area contributed by atoms with Crippen molar-refractivity contribution in [2.75, 3.05) is 5.73 Å². The van der Waals surface area contributed by atoms with Gasteiger partial charge in [-0.15, -0.1) is 0 Å². The summed E-state index contributed by atoms with van der Waals surface area (Å²) in [4.78, 5) is 36.2. The van der Waals surface area contributed by atoms with Crippen molar-refractivity contribution in [3.05, 3.63) is 89.1 Å². The summed E-state index contributed by atoms with van der Waals surface area (Å²) in [5.41, 5.74) is 16.4. The maximum atomic E-state index is 13.6. The number of hydrogen-bond acceptors (Lipinski definition) is 7. The molecule has 8 heteroatoms. The minimum absolute atomic E-state index is 0.0482. The molecule has 1 amide bonds. The zero-order valence-corrected chi connectivity index (χ0v) is 20.2. The van der Waals surface area contributed by atoms with E-state index >= 15 is 0 Å². The molecule has 1 aromatic heterocycles. The molecular formula is C28H27N5O3. The van der Waals surface area contributed by atoms with Crippen LogP contribution in [0.2, 0.25) is 0 Å². The van der Waals surface area contributed by atoms with Crippen LogP contribution in [-0.2, 0) is 29.2 Å². The third-order valence-electron chi connectivity index (χ3n) is 6.26. The molecule has 4 aromatic rings. The van der Waals surface area contributed by atoms with Crippen LogP contribution in [0.5, 0.6) is 0 Å². The van der Waals surface area contributed by atoms with Crippen LogP contribution in [0.15, 0.2) is 66.7 Å². The number of benzene rings is 3. The Hall–Kier alpha value is -4.30. The normalized spacial score (nSPS) is 13.0. The number of carbonyl (C=O) groups excluding carboxylic acids is 2. The largest absolute Gasteiger partial charge is 0.459 e. The Bertz CT molecular complexity index is 1470. The topological polar surface area (TPSA) is 124 Å². The van der Waals surface area contributed by atoms with Gasteiger partial charge in [-0.25, -0.2) is 9.97 Å². The molecule has 0 fully saturated rings. The van der Waals surface area contributed by atoms with Gasteiger partial charge >= 0.3 is 5.97 Å². The van der Waals surface area contributed by atoms with Gasteiger partial charge in [0.15, 0.2) is 0 Å². The predicted molar refractivity (Wildman–Crippen MR) is 137 cm³/mol. The van der Waals surface area contributed by atoms with Gasteiger partial charge in [-0.3, -0.25) is 9.59 Å². The van der Waals surface area contributed by atoms with Crippen molar-refractivity contribution in [2.45, 2.75) is 39.1 Å². The van der Waals surface area contributed by atoms with Gasteiger partial charge in [0.2, 0.25) is 5.95 Å². The van der Waals surface area contributed by atoms with E-state index in [2.05, 4.69) is 9.97 Å². The Kier molecular flexibility index (Phi) is 5.89. The van der Waals surface area contributed by atoms with Crippen molar-refractivity contribution in [3.63, 3.8) is 0 Å². The van der Waals surface area contributed by atoms with Crippen LogP contribution in [0, 0.1) is 0 Å². The fourth-order valence-corrected chi connectivity index (χ4v) is 4.36. The molecule has 1 aliphatic heterocycles. The van der Waals surface area contributed by atoms with Crippen molar-refractivity contribution >= 4 is 28.7 Å². The van der Waals surface area contributed by atoms with E-state index in [4.69, 9.17) is 16.2 Å². The molecule has 0 aliphatic carbocycles. The van der Waals surface area contributed by atoms with Crippen molar-refractivity contribution in [2.24, 2.45) is 5.73 Å². The quantitative estimate of drug-likeness (QED) is 0.415. The number of nitrogens with two attached hydrogens (primary N) is 2. The number of amides is 1. The molecule has 5 rings (SSSR count). The first kappa shape index (κ1) is 23.4. The fourth-order valence-electron chi connectivity index (χ4n) is 4.36. The van der Waals surface area contributed by atoms with Crippen LogP contribution in [0.4, 0.5) is 5.95 Å². The van der Waals surface area contributed by atoms with E-state index in [0.29, 0.717) is 24.0 Å². The van der Waals surface area contributed by atoms with E-state index < -0.39 is 11.5 Å². The lowest BCUT2D eigenvalue weighted by molar-refractivity contribution is -0.150. The highest BCUT2D eigenvalue weighted by Crippen LogP contribution is 2.31. The summed E-state index contributed by atoms with van der Waals surface area (Å²) in [6.07, 6.45) is 0. The number of anilines is 1. The maximum absolute atomic E-state index is 13.6. The van der Waals surface area contributed by atoms with Gasteiger partial charge < -0.3 is 21.1 Å². The minimum Gasteiger partial charge on any atom is -0.459 e. The molecule has 36 heavy (non-hydrogen) atoms. The number of fused-ring (bicyclic) bond motifs is 2. The zero-order chi connectivity index (χ0) is 25.4. The Labute approximate surface area is 208 Å². The highest BCUT2D eigenvalue weighted by Gasteiger charge is 2.27. The molecule has 0 saturated carbocycles. The Balaban J connectivity index is 1.51. The lowest BCUT2D eigenvalue weighted by Crippen LogP contribution is -2.42. The van der Waals surface area contributed by atoms with E-state index in [9.17, 15) is 9.59 Å². The maximum Gasteiger partial charge on any atom is 0.325 e. The summed E-state index contributed by atoms with van der Waals surface area (Å²) >= 11 is 0. The van der Waals surface area contributed by atoms with Gasteiger partial charge in [0.1, 0.15) is 17.8 Å². The second-order valence-corrected chi connectivity index (χ2v) is 9.55. The summed E-state index contributed by atoms with van der Waals surface area (Å²) in [5, 5.41) is 0.609. The highest BCUT2D eigenvalue weighted by molar-refractivity contribution is 6.06. The highest BCUT2D eigenvalue weighted by atomic mass is 16.5. The molecule has 0 spiro atoms. The van der Waals surface area contributed by atoms with Crippen LogP contribution in [0.1, 0.15) is 41.0 Å². The molecule has 0 bridgehead atoms. The van der Waals surface area contributed by atoms with Gasteiger partial charge in [-0.1, -0.05) is 54.6 Å². The summed E-state index contributed by atoms with van der Waals surface area (Å²) in [5.74, 6) is -0.638. The smallest absolute Gasteiger partial charge is 0.325 e. The first-order valence-corrected chi connectivity index (χ1v) is 11.7. The number of carbonyl (C=O) groups is 2. The van der Waals surface area contributed by atoms with Crippen molar-refractivity contribution in [3.8, 4) is 11.1 Å². The Morgan fingerprint density at radius 2 is 1.64 bits per heavy atom. The molecule has 0 unspecified atom stereocenters. The molecule has 4 N–H and O–H groups in total. The van der Waals surface area contributed by atoms with Crippen molar-refractivity contribution in [1.29, 1.82) is 0 Å². The van der Waals surface area contributed by atoms with Gasteiger partial charge in [0.05, 0.1) is 5.52 Å². The molecule has 0 radical (unpaired) electrons. The second kappa shape index (κ2) is 9.05. The van der Waals surface area contributed by atoms with E-state index in [1.54, 1.807) is 18.7 Å². The van der Waals surface area contributed by atoms with E-state index in [1.165, 1.54) is 0 Å². The summed E-state index contributed by atoms with van der Waals surface area (Å²) in [6.45, 7) is 4.32. The lowest BCUT2D eigenvalue weighted by Gasteiger charge is -2.18. The van der Waals surface area contributed by atoms with Gasteiger partial charge in [0, 0.05) is 18.5 Å². The minimum atomic E-state index is -1.08. The standard InChI is InChI=1S/C28H27N5O3/c1-28(2,30)26(35)36-16-20-9-5-6-10-21(20)17-11-12-23-22(13-17)24(32-27(29)31-23)25(34)33-14-18-7-3-4-8-19(18)15-33/h3-13H,14-16,30H2,1-2H3,(H2,29,31,32). The van der Waals surface area contributed by atoms with Gasteiger partial charge in [0.25, 0.3) is 5.91 Å². The van der Waals surface area contributed by atoms with Crippen LogP contribution in [0.3, 0.4) is 0 Å². The summed E-state index contributed by atoms with van der Waals surface area (Å²) in [7, 11) is 0. The Morgan fingerprint density at radius 1 is 0.972 bits per heavy atom. The van der Waals surface area contributed by atoms with E-state index in [0.717, 1.165) is 27.8 Å². The van der Waals surface area contributed by atoms with Gasteiger partial charge in [-0.05, 0) is 53.8 Å². The number of nitrogen functional groups attached to an aromatic ring is 1. The second-order valence-electron chi connectivity index (χ2n) is 9.55. The number of rotatable bonds is 5. The average Bonchev–Trinajstić information content (AvgIpc) is 3.30. The number of esters is 1. The predicted octanol–water partition coefficient (Wildman–Crippen LogP) is 3.82. The molecule has 2 heterocycles. The van der Waals surface area contributed by atoms with Gasteiger partial charge in [-0.2, -0.15) is 0 Å².